The van der Waals surface area contributed by atoms with Crippen molar-refractivity contribution in [1.82, 2.24) is 9.97 Å². The zero-order chi connectivity index (χ0) is 18.2. The largest absolute Gasteiger partial charge is 0.265 e. The van der Waals surface area contributed by atoms with Crippen LogP contribution in [0, 0.1) is 0 Å². The molecule has 0 spiro atoms. The predicted molar refractivity (Wildman–Crippen MR) is 98.6 cm³/mol. The average molecular weight is 342 g/mol. The minimum Gasteiger partial charge on any atom is -0.265 e. The Morgan fingerprint density at radius 2 is 1.08 bits per heavy atom. The molecule has 1 aromatic carbocycles. The van der Waals surface area contributed by atoms with E-state index >= 15 is 0 Å². The maximum absolute atomic E-state index is 8.73. The van der Waals surface area contributed by atoms with Gasteiger partial charge >= 0.3 is 0 Å². The second-order valence-electron chi connectivity index (χ2n) is 5.42. The molecule has 0 amide bonds. The van der Waals surface area contributed by atoms with Crippen LogP contribution in [0.2, 0.25) is 0 Å². The van der Waals surface area contributed by atoms with Crippen LogP contribution in [0.4, 0.5) is 0 Å². The number of nitrogens with zero attached hydrogens (tertiary/aromatic N) is 8. The standard InChI is InChI=1S/C18H14N8/c19-25-23-11-15-10-18(14-3-7-22-8-4-14)16(12-24-26-20)9-17(15)13-1-5-21-6-2-13/h1-10H,11-12H2. The zero-order valence-electron chi connectivity index (χ0n) is 13.8. The minimum absolute atomic E-state index is 0.216. The van der Waals surface area contributed by atoms with E-state index in [1.807, 2.05) is 36.4 Å². The Morgan fingerprint density at radius 1 is 0.692 bits per heavy atom. The molecule has 0 N–H and O–H groups in total. The van der Waals surface area contributed by atoms with Crippen LogP contribution in [0.1, 0.15) is 11.1 Å². The van der Waals surface area contributed by atoms with E-state index in [4.69, 9.17) is 11.1 Å². The van der Waals surface area contributed by atoms with E-state index in [1.165, 1.54) is 0 Å². The molecule has 8 heteroatoms. The van der Waals surface area contributed by atoms with E-state index in [9.17, 15) is 0 Å². The van der Waals surface area contributed by atoms with Crippen molar-refractivity contribution in [3.8, 4) is 22.3 Å². The highest BCUT2D eigenvalue weighted by Crippen LogP contribution is 2.33. The lowest BCUT2D eigenvalue weighted by Gasteiger charge is -2.15. The van der Waals surface area contributed by atoms with Crippen molar-refractivity contribution in [3.05, 3.63) is 93.2 Å². The van der Waals surface area contributed by atoms with Crippen molar-refractivity contribution in [2.75, 3.05) is 0 Å². The molecule has 2 aromatic heterocycles. The van der Waals surface area contributed by atoms with Gasteiger partial charge in [-0.15, -0.1) is 0 Å². The molecular formula is C18H14N8. The van der Waals surface area contributed by atoms with Crippen LogP contribution in [0.15, 0.2) is 71.4 Å². The summed E-state index contributed by atoms with van der Waals surface area (Å²) in [6, 6.07) is 11.5. The van der Waals surface area contributed by atoms with Crippen LogP contribution in [-0.4, -0.2) is 9.97 Å². The summed E-state index contributed by atoms with van der Waals surface area (Å²) in [7, 11) is 0. The molecular weight excluding hydrogens is 328 g/mol. The summed E-state index contributed by atoms with van der Waals surface area (Å²) in [6.45, 7) is 0.433. The third-order valence-corrected chi connectivity index (χ3v) is 3.92. The topological polar surface area (TPSA) is 123 Å². The van der Waals surface area contributed by atoms with E-state index in [1.54, 1.807) is 24.8 Å². The number of azide groups is 2. The second-order valence-corrected chi connectivity index (χ2v) is 5.42. The van der Waals surface area contributed by atoms with Gasteiger partial charge in [0.05, 0.1) is 13.1 Å². The van der Waals surface area contributed by atoms with Gasteiger partial charge in [0.25, 0.3) is 0 Å². The highest BCUT2D eigenvalue weighted by Gasteiger charge is 2.12. The molecule has 0 saturated heterocycles. The lowest BCUT2D eigenvalue weighted by molar-refractivity contribution is 1.02. The van der Waals surface area contributed by atoms with E-state index in [-0.39, 0.29) is 13.1 Å². The van der Waals surface area contributed by atoms with E-state index in [0.29, 0.717) is 0 Å². The van der Waals surface area contributed by atoms with Crippen molar-refractivity contribution in [3.63, 3.8) is 0 Å². The van der Waals surface area contributed by atoms with Gasteiger partial charge in [0.1, 0.15) is 0 Å². The fourth-order valence-electron chi connectivity index (χ4n) is 2.77. The van der Waals surface area contributed by atoms with Crippen molar-refractivity contribution in [2.24, 2.45) is 10.2 Å². The van der Waals surface area contributed by atoms with Crippen LogP contribution >= 0.6 is 0 Å². The molecule has 0 bridgehead atoms. The zero-order valence-corrected chi connectivity index (χ0v) is 13.8. The average Bonchev–Trinajstić information content (AvgIpc) is 2.71. The molecule has 0 saturated carbocycles. The molecule has 3 rings (SSSR count). The van der Waals surface area contributed by atoms with Crippen LogP contribution in [0.3, 0.4) is 0 Å². The van der Waals surface area contributed by atoms with Crippen molar-refractivity contribution < 1.29 is 0 Å². The molecule has 2 heterocycles. The summed E-state index contributed by atoms with van der Waals surface area (Å²) in [5.74, 6) is 0. The van der Waals surface area contributed by atoms with E-state index in [2.05, 4.69) is 30.0 Å². The van der Waals surface area contributed by atoms with Gasteiger partial charge in [0.15, 0.2) is 0 Å². The number of rotatable bonds is 6. The molecule has 0 atom stereocenters. The van der Waals surface area contributed by atoms with Gasteiger partial charge in [-0.3, -0.25) is 9.97 Å². The summed E-state index contributed by atoms with van der Waals surface area (Å²) in [4.78, 5) is 13.8. The third kappa shape index (κ3) is 3.79. The first-order valence-corrected chi connectivity index (χ1v) is 7.82. The van der Waals surface area contributed by atoms with Gasteiger partial charge in [-0.05, 0) is 68.7 Å². The fourth-order valence-corrected chi connectivity index (χ4v) is 2.77. The first-order valence-electron chi connectivity index (χ1n) is 7.82. The molecule has 126 valence electrons. The summed E-state index contributed by atoms with van der Waals surface area (Å²) in [5.41, 5.74) is 23.0. The van der Waals surface area contributed by atoms with E-state index in [0.717, 1.165) is 33.4 Å². The van der Waals surface area contributed by atoms with Gasteiger partial charge in [0.2, 0.25) is 0 Å². The second kappa shape index (κ2) is 8.30. The molecule has 0 aliphatic heterocycles. The van der Waals surface area contributed by atoms with Crippen LogP contribution in [0.5, 0.6) is 0 Å². The maximum Gasteiger partial charge on any atom is 0.0517 e. The van der Waals surface area contributed by atoms with Gasteiger partial charge in [-0.1, -0.05) is 22.4 Å². The molecule has 0 aliphatic carbocycles. The molecule has 0 radical (unpaired) electrons. The highest BCUT2D eigenvalue weighted by atomic mass is 15.1. The van der Waals surface area contributed by atoms with Gasteiger partial charge in [-0.25, -0.2) is 0 Å². The minimum atomic E-state index is 0.216. The Hall–Kier alpha value is -3.86. The number of aromatic nitrogens is 2. The SMILES string of the molecule is [N-]=[N+]=NCc1cc(-c2ccncc2)c(CN=[N+]=[N-])cc1-c1ccncc1. The van der Waals surface area contributed by atoms with Crippen LogP contribution < -0.4 is 0 Å². The fraction of sp³-hybridized carbons (Fsp3) is 0.111. The molecule has 0 fully saturated rings. The van der Waals surface area contributed by atoms with Crippen molar-refractivity contribution >= 4 is 0 Å². The lowest BCUT2D eigenvalue weighted by atomic mass is 9.91. The Bertz CT molecular complexity index is 905. The maximum atomic E-state index is 8.73. The number of benzene rings is 1. The Labute approximate surface area is 149 Å². The Balaban J connectivity index is 2.24. The van der Waals surface area contributed by atoms with Crippen molar-refractivity contribution in [2.45, 2.75) is 13.1 Å². The summed E-state index contributed by atoms with van der Waals surface area (Å²) >= 11 is 0. The molecule has 0 aliphatic rings. The van der Waals surface area contributed by atoms with Gasteiger partial charge < -0.3 is 0 Å². The summed E-state index contributed by atoms with van der Waals surface area (Å²) in [5, 5.41) is 7.45. The highest BCUT2D eigenvalue weighted by molar-refractivity contribution is 5.76. The van der Waals surface area contributed by atoms with E-state index < -0.39 is 0 Å². The Kier molecular flexibility index (Phi) is 5.42. The predicted octanol–water partition coefficient (Wildman–Crippen LogP) is 5.43. The normalized spacial score (nSPS) is 9.85. The summed E-state index contributed by atoms with van der Waals surface area (Å²) in [6.07, 6.45) is 6.82. The monoisotopic (exact) mass is 342 g/mol. The Morgan fingerprint density at radius 3 is 1.42 bits per heavy atom. The molecule has 0 unspecified atom stereocenters. The smallest absolute Gasteiger partial charge is 0.0517 e. The van der Waals surface area contributed by atoms with Crippen LogP contribution in [0.25, 0.3) is 43.1 Å². The molecule has 3 aromatic rings. The van der Waals surface area contributed by atoms with Gasteiger partial charge in [-0.2, -0.15) is 0 Å². The quantitative estimate of drug-likeness (QED) is 0.336. The molecule has 26 heavy (non-hydrogen) atoms. The van der Waals surface area contributed by atoms with Crippen molar-refractivity contribution in [1.29, 1.82) is 0 Å². The number of hydrogen-bond acceptors (Lipinski definition) is 4. The first-order chi connectivity index (χ1) is 12.8. The molecule has 8 nitrogen and oxygen atoms in total. The van der Waals surface area contributed by atoms with Crippen LogP contribution in [-0.2, 0) is 13.1 Å². The first kappa shape index (κ1) is 17.0. The lowest BCUT2D eigenvalue weighted by Crippen LogP contribution is -1.96. The summed E-state index contributed by atoms with van der Waals surface area (Å²) < 4.78 is 0. The third-order valence-electron chi connectivity index (χ3n) is 3.92. The number of hydrogen-bond donors (Lipinski definition) is 0. The number of pyridine rings is 2. The van der Waals surface area contributed by atoms with Gasteiger partial charge in [0, 0.05) is 34.6 Å².